The van der Waals surface area contributed by atoms with Crippen LogP contribution in [0.2, 0.25) is 0 Å². The summed E-state index contributed by atoms with van der Waals surface area (Å²) in [5.41, 5.74) is 3.37. The molecule has 0 radical (unpaired) electrons. The molecule has 2 aromatic heterocycles. The third-order valence-electron chi connectivity index (χ3n) is 8.01. The lowest BCUT2D eigenvalue weighted by atomic mass is 9.83. The number of benzene rings is 2. The molecule has 2 aliphatic rings. The summed E-state index contributed by atoms with van der Waals surface area (Å²) in [7, 11) is 1.66. The zero-order valence-corrected chi connectivity index (χ0v) is 20.8. The molecule has 36 heavy (non-hydrogen) atoms. The van der Waals surface area contributed by atoms with Crippen LogP contribution < -0.4 is 10.1 Å². The monoisotopic (exact) mass is 483 g/mol. The van der Waals surface area contributed by atoms with Gasteiger partial charge in [0.2, 0.25) is 5.91 Å². The molecule has 2 atom stereocenters. The molecule has 1 amide bonds. The van der Waals surface area contributed by atoms with Gasteiger partial charge in [0.05, 0.1) is 13.5 Å². The lowest BCUT2D eigenvalue weighted by Crippen LogP contribution is -2.51. The van der Waals surface area contributed by atoms with Gasteiger partial charge >= 0.3 is 0 Å². The first-order valence-corrected chi connectivity index (χ1v) is 13.2. The number of furan rings is 1. The Labute approximate surface area is 211 Å². The Bertz CT molecular complexity index is 1380. The van der Waals surface area contributed by atoms with Crippen LogP contribution in [0.15, 0.2) is 59.1 Å². The summed E-state index contributed by atoms with van der Waals surface area (Å²) in [6.45, 7) is 3.17. The summed E-state index contributed by atoms with van der Waals surface area (Å²) in [6.07, 6.45) is 8.35. The predicted octanol–water partition coefficient (Wildman–Crippen LogP) is 5.58. The molecular formula is C30H33N3O3. The fourth-order valence-electron chi connectivity index (χ4n) is 6.18. The van der Waals surface area contributed by atoms with Crippen molar-refractivity contribution in [2.45, 2.75) is 44.6 Å². The average Bonchev–Trinajstić information content (AvgIpc) is 3.30. The number of pyridine rings is 1. The van der Waals surface area contributed by atoms with Crippen LogP contribution in [-0.2, 0) is 11.2 Å². The highest BCUT2D eigenvalue weighted by molar-refractivity contribution is 6.06. The van der Waals surface area contributed by atoms with Gasteiger partial charge in [-0.15, -0.1) is 0 Å². The molecule has 6 nitrogen and oxygen atoms in total. The van der Waals surface area contributed by atoms with Gasteiger partial charge in [-0.3, -0.25) is 9.78 Å². The Balaban J connectivity index is 1.29. The third-order valence-corrected chi connectivity index (χ3v) is 8.01. The van der Waals surface area contributed by atoms with Crippen LogP contribution in [0.5, 0.6) is 5.75 Å². The van der Waals surface area contributed by atoms with Crippen LogP contribution in [0.1, 0.15) is 37.7 Å². The van der Waals surface area contributed by atoms with E-state index in [4.69, 9.17) is 9.15 Å². The van der Waals surface area contributed by atoms with Crippen LogP contribution in [0.3, 0.4) is 0 Å². The highest BCUT2D eigenvalue weighted by atomic mass is 16.5. The molecule has 0 unspecified atom stereocenters. The topological polar surface area (TPSA) is 67.6 Å². The number of nitrogens with zero attached hydrogens (tertiary/aromatic N) is 2. The lowest BCUT2D eigenvalue weighted by Gasteiger charge is -2.44. The van der Waals surface area contributed by atoms with Crippen molar-refractivity contribution < 1.29 is 13.9 Å². The molecule has 2 fully saturated rings. The molecule has 2 aliphatic heterocycles. The van der Waals surface area contributed by atoms with Crippen molar-refractivity contribution in [1.29, 1.82) is 0 Å². The van der Waals surface area contributed by atoms with Gasteiger partial charge in [0.25, 0.3) is 0 Å². The third kappa shape index (κ3) is 4.35. The maximum atomic E-state index is 13.3. The molecule has 2 saturated heterocycles. The second-order valence-electron chi connectivity index (χ2n) is 10.1. The van der Waals surface area contributed by atoms with Crippen molar-refractivity contribution in [1.82, 2.24) is 15.2 Å². The second kappa shape index (κ2) is 9.94. The molecule has 186 valence electrons. The summed E-state index contributed by atoms with van der Waals surface area (Å²) in [4.78, 5) is 20.5. The largest absolute Gasteiger partial charge is 0.497 e. The minimum absolute atomic E-state index is 0.0431. The second-order valence-corrected chi connectivity index (χ2v) is 10.1. The van der Waals surface area contributed by atoms with Gasteiger partial charge in [0.15, 0.2) is 5.58 Å². The number of amides is 1. The molecule has 4 heterocycles. The fourth-order valence-corrected chi connectivity index (χ4v) is 6.18. The van der Waals surface area contributed by atoms with Crippen molar-refractivity contribution in [3.05, 3.63) is 60.3 Å². The van der Waals surface area contributed by atoms with Crippen molar-refractivity contribution in [2.24, 2.45) is 5.92 Å². The van der Waals surface area contributed by atoms with Gasteiger partial charge in [-0.2, -0.15) is 0 Å². The van der Waals surface area contributed by atoms with Crippen LogP contribution in [0.4, 0.5) is 0 Å². The number of piperidine rings is 2. The average molecular weight is 484 g/mol. The summed E-state index contributed by atoms with van der Waals surface area (Å²) >= 11 is 0. The highest BCUT2D eigenvalue weighted by Crippen LogP contribution is 2.38. The first-order chi connectivity index (χ1) is 17.7. The molecule has 6 heteroatoms. The Morgan fingerprint density at radius 3 is 2.81 bits per heavy atom. The minimum atomic E-state index is 0.0431. The zero-order chi connectivity index (χ0) is 24.5. The minimum Gasteiger partial charge on any atom is -0.497 e. The number of ether oxygens (including phenoxy) is 1. The normalized spacial score (nSPS) is 20.4. The number of carbonyl (C=O) groups excluding carboxylic acids is 1. The summed E-state index contributed by atoms with van der Waals surface area (Å²) < 4.78 is 11.8. The summed E-state index contributed by atoms with van der Waals surface area (Å²) in [6, 6.07) is 16.5. The van der Waals surface area contributed by atoms with Gasteiger partial charge in [0, 0.05) is 40.7 Å². The molecule has 6 rings (SSSR count). The van der Waals surface area contributed by atoms with E-state index in [1.165, 1.54) is 45.2 Å². The first-order valence-electron chi connectivity index (χ1n) is 13.2. The Morgan fingerprint density at radius 1 is 1.08 bits per heavy atom. The van der Waals surface area contributed by atoms with Crippen LogP contribution in [-0.4, -0.2) is 48.6 Å². The molecule has 4 aromatic rings. The first kappa shape index (κ1) is 23.0. The van der Waals surface area contributed by atoms with E-state index in [-0.39, 0.29) is 12.3 Å². The Hall–Kier alpha value is -3.38. The fraction of sp³-hybridized carbons (Fsp3) is 0.400. The Morgan fingerprint density at radius 2 is 1.94 bits per heavy atom. The number of aromatic nitrogens is 1. The van der Waals surface area contributed by atoms with E-state index in [0.717, 1.165) is 51.1 Å². The lowest BCUT2D eigenvalue weighted by molar-refractivity contribution is -0.120. The summed E-state index contributed by atoms with van der Waals surface area (Å²) in [5, 5.41) is 5.24. The molecule has 1 N–H and O–H groups in total. The van der Waals surface area contributed by atoms with E-state index in [1.807, 2.05) is 36.4 Å². The van der Waals surface area contributed by atoms with Crippen LogP contribution in [0, 0.1) is 5.92 Å². The summed E-state index contributed by atoms with van der Waals surface area (Å²) in [5.74, 6) is 2.09. The molecular weight excluding hydrogens is 450 g/mol. The van der Waals surface area contributed by atoms with E-state index in [1.54, 1.807) is 13.3 Å². The molecule has 0 bridgehead atoms. The van der Waals surface area contributed by atoms with Crippen molar-refractivity contribution in [2.75, 3.05) is 26.7 Å². The SMILES string of the molecule is COc1ccc(-c2oc3c(ccc4cccnc43)c2CC(=O)NC[C@@H]2CCCN3CCCC[C@H]23)cc1. The quantitative estimate of drug-likeness (QED) is 0.388. The number of nitrogens with one attached hydrogen (secondary N) is 1. The molecule has 0 saturated carbocycles. The van der Waals surface area contributed by atoms with Crippen LogP contribution >= 0.6 is 0 Å². The number of hydrogen-bond acceptors (Lipinski definition) is 5. The van der Waals surface area contributed by atoms with E-state index >= 15 is 0 Å². The van der Waals surface area contributed by atoms with E-state index in [0.29, 0.717) is 12.0 Å². The zero-order valence-electron chi connectivity index (χ0n) is 20.8. The standard InChI is InChI=1S/C30H33N3O3/c1-35-23-12-9-21(10-13-23)29-25(24-14-11-20-6-4-15-31-28(20)30(24)36-29)18-27(34)32-19-22-7-5-17-33-16-3-2-8-26(22)33/h4,6,9-15,22,26H,2-3,5,7-8,16-19H2,1H3,(H,32,34)/t22-,26+/m0/s1. The van der Waals surface area contributed by atoms with Gasteiger partial charge in [-0.25, -0.2) is 0 Å². The number of fused-ring (bicyclic) bond motifs is 4. The van der Waals surface area contributed by atoms with Crippen LogP contribution in [0.25, 0.3) is 33.2 Å². The van der Waals surface area contributed by atoms with Crippen molar-refractivity contribution in [3.63, 3.8) is 0 Å². The van der Waals surface area contributed by atoms with Crippen molar-refractivity contribution >= 4 is 27.8 Å². The smallest absolute Gasteiger partial charge is 0.224 e. The maximum absolute atomic E-state index is 13.3. The predicted molar refractivity (Wildman–Crippen MR) is 142 cm³/mol. The maximum Gasteiger partial charge on any atom is 0.224 e. The van der Waals surface area contributed by atoms with Gasteiger partial charge in [0.1, 0.15) is 17.0 Å². The number of carbonyl (C=O) groups is 1. The van der Waals surface area contributed by atoms with Gasteiger partial charge in [-0.1, -0.05) is 24.6 Å². The number of hydrogen-bond donors (Lipinski definition) is 1. The van der Waals surface area contributed by atoms with Gasteiger partial charge in [-0.05, 0) is 75.0 Å². The number of rotatable bonds is 6. The van der Waals surface area contributed by atoms with E-state index < -0.39 is 0 Å². The van der Waals surface area contributed by atoms with E-state index in [2.05, 4.69) is 27.3 Å². The molecule has 0 spiro atoms. The van der Waals surface area contributed by atoms with Crippen molar-refractivity contribution in [3.8, 4) is 17.1 Å². The highest BCUT2D eigenvalue weighted by Gasteiger charge is 2.33. The van der Waals surface area contributed by atoms with E-state index in [9.17, 15) is 4.79 Å². The molecule has 0 aliphatic carbocycles. The van der Waals surface area contributed by atoms with Gasteiger partial charge < -0.3 is 19.4 Å². The Kier molecular flexibility index (Phi) is 6.36. The number of methoxy groups -OCH3 is 1. The molecule has 2 aromatic carbocycles.